The van der Waals surface area contributed by atoms with Crippen molar-refractivity contribution in [3.05, 3.63) is 24.3 Å². The molecular formula is C22H36N4O3. The topological polar surface area (TPSA) is 57.3 Å². The number of carbonyl (C=O) groups is 1. The lowest BCUT2D eigenvalue weighted by Gasteiger charge is -2.38. The van der Waals surface area contributed by atoms with Gasteiger partial charge < -0.3 is 24.6 Å². The van der Waals surface area contributed by atoms with Gasteiger partial charge in [0.05, 0.1) is 26.0 Å². The molecule has 29 heavy (non-hydrogen) atoms. The number of ether oxygens (including phenoxy) is 2. The Morgan fingerprint density at radius 2 is 1.79 bits per heavy atom. The van der Waals surface area contributed by atoms with Gasteiger partial charge in [-0.3, -0.25) is 4.90 Å². The zero-order valence-electron chi connectivity index (χ0n) is 18.1. The third kappa shape index (κ3) is 6.00. The molecule has 0 aliphatic carbocycles. The lowest BCUT2D eigenvalue weighted by Crippen LogP contribution is -2.55. The zero-order valence-corrected chi connectivity index (χ0v) is 18.1. The van der Waals surface area contributed by atoms with Gasteiger partial charge in [-0.05, 0) is 24.5 Å². The Morgan fingerprint density at radius 3 is 2.45 bits per heavy atom. The first-order chi connectivity index (χ1) is 14.1. The number of anilines is 1. The van der Waals surface area contributed by atoms with Gasteiger partial charge in [0.1, 0.15) is 5.75 Å². The number of para-hydroxylation sites is 2. The lowest BCUT2D eigenvalue weighted by molar-refractivity contribution is 0.0127. The number of nitrogens with one attached hydrogen (secondary N) is 1. The van der Waals surface area contributed by atoms with E-state index in [0.717, 1.165) is 70.3 Å². The van der Waals surface area contributed by atoms with E-state index in [4.69, 9.17) is 9.47 Å². The predicted octanol–water partition coefficient (Wildman–Crippen LogP) is 2.27. The Morgan fingerprint density at radius 1 is 1.10 bits per heavy atom. The summed E-state index contributed by atoms with van der Waals surface area (Å²) in [7, 11) is 1.70. The normalized spacial score (nSPS) is 19.3. The Kier molecular flexibility index (Phi) is 8.00. The molecule has 3 rings (SSSR count). The average Bonchev–Trinajstić information content (AvgIpc) is 2.77. The number of hydrogen-bond donors (Lipinski definition) is 1. The molecule has 0 radical (unpaired) electrons. The number of morpholine rings is 1. The van der Waals surface area contributed by atoms with E-state index in [1.54, 1.807) is 7.11 Å². The third-order valence-electron chi connectivity index (χ3n) is 5.79. The SMILES string of the molecule is COc1ccccc1N1CCN(C(=O)NC[C@H](CC(C)C)N2CCOCC2)CC1. The maximum atomic E-state index is 12.8. The molecule has 7 heteroatoms. The minimum Gasteiger partial charge on any atom is -0.495 e. The van der Waals surface area contributed by atoms with Crippen LogP contribution in [0.5, 0.6) is 5.75 Å². The summed E-state index contributed by atoms with van der Waals surface area (Å²) in [6.45, 7) is 11.7. The van der Waals surface area contributed by atoms with Crippen molar-refractivity contribution in [2.45, 2.75) is 26.3 Å². The summed E-state index contributed by atoms with van der Waals surface area (Å²) in [6, 6.07) is 8.48. The van der Waals surface area contributed by atoms with Gasteiger partial charge in [-0.25, -0.2) is 4.79 Å². The van der Waals surface area contributed by atoms with Crippen LogP contribution in [0.25, 0.3) is 0 Å². The number of nitrogens with zero attached hydrogens (tertiary/aromatic N) is 3. The molecule has 0 aromatic heterocycles. The van der Waals surface area contributed by atoms with Crippen LogP contribution >= 0.6 is 0 Å². The van der Waals surface area contributed by atoms with E-state index in [2.05, 4.69) is 35.0 Å². The highest BCUT2D eigenvalue weighted by Crippen LogP contribution is 2.28. The summed E-state index contributed by atoms with van der Waals surface area (Å²) in [6.07, 6.45) is 1.09. The van der Waals surface area contributed by atoms with Crippen LogP contribution in [0.4, 0.5) is 10.5 Å². The molecule has 2 amide bonds. The van der Waals surface area contributed by atoms with Gasteiger partial charge in [0.25, 0.3) is 0 Å². The smallest absolute Gasteiger partial charge is 0.317 e. The first kappa shape index (κ1) is 21.7. The molecule has 0 bridgehead atoms. The summed E-state index contributed by atoms with van der Waals surface area (Å²) in [5.74, 6) is 1.48. The van der Waals surface area contributed by atoms with Crippen molar-refractivity contribution in [3.8, 4) is 5.75 Å². The first-order valence-corrected chi connectivity index (χ1v) is 10.8. The Hall–Kier alpha value is -1.99. The van der Waals surface area contributed by atoms with Gasteiger partial charge in [-0.1, -0.05) is 26.0 Å². The maximum Gasteiger partial charge on any atom is 0.317 e. The van der Waals surface area contributed by atoms with Crippen molar-refractivity contribution < 1.29 is 14.3 Å². The number of piperazine rings is 1. The number of hydrogen-bond acceptors (Lipinski definition) is 5. The van der Waals surface area contributed by atoms with Crippen LogP contribution in [-0.4, -0.2) is 88.0 Å². The van der Waals surface area contributed by atoms with Crippen LogP contribution < -0.4 is 15.0 Å². The minimum absolute atomic E-state index is 0.0479. The van der Waals surface area contributed by atoms with E-state index < -0.39 is 0 Å². The number of amides is 2. The summed E-state index contributed by atoms with van der Waals surface area (Å²) < 4.78 is 11.0. The van der Waals surface area contributed by atoms with E-state index in [9.17, 15) is 4.79 Å². The van der Waals surface area contributed by atoms with E-state index >= 15 is 0 Å². The summed E-state index contributed by atoms with van der Waals surface area (Å²) >= 11 is 0. The van der Waals surface area contributed by atoms with Gasteiger partial charge in [0, 0.05) is 51.9 Å². The fourth-order valence-corrected chi connectivity index (χ4v) is 4.21. The summed E-state index contributed by atoms with van der Waals surface area (Å²) in [5.41, 5.74) is 1.10. The van der Waals surface area contributed by atoms with Crippen molar-refractivity contribution in [2.24, 2.45) is 5.92 Å². The number of benzene rings is 1. The van der Waals surface area contributed by atoms with Crippen LogP contribution in [0.2, 0.25) is 0 Å². The van der Waals surface area contributed by atoms with Crippen molar-refractivity contribution in [1.29, 1.82) is 0 Å². The van der Waals surface area contributed by atoms with Crippen LogP contribution in [0.1, 0.15) is 20.3 Å². The molecule has 0 saturated carbocycles. The first-order valence-electron chi connectivity index (χ1n) is 10.8. The van der Waals surface area contributed by atoms with E-state index in [0.29, 0.717) is 18.5 Å². The third-order valence-corrected chi connectivity index (χ3v) is 5.79. The van der Waals surface area contributed by atoms with Crippen molar-refractivity contribution in [3.63, 3.8) is 0 Å². The molecule has 2 aliphatic heterocycles. The van der Waals surface area contributed by atoms with Gasteiger partial charge in [-0.2, -0.15) is 0 Å². The Labute approximate surface area is 174 Å². The minimum atomic E-state index is 0.0479. The number of carbonyl (C=O) groups excluding carboxylic acids is 1. The monoisotopic (exact) mass is 404 g/mol. The lowest BCUT2D eigenvalue weighted by atomic mass is 10.0. The molecular weight excluding hydrogens is 368 g/mol. The molecule has 1 N–H and O–H groups in total. The Balaban J connectivity index is 1.49. The quantitative estimate of drug-likeness (QED) is 0.756. The molecule has 1 aromatic carbocycles. The van der Waals surface area contributed by atoms with Crippen molar-refractivity contribution in [1.82, 2.24) is 15.1 Å². The fraction of sp³-hybridized carbons (Fsp3) is 0.682. The van der Waals surface area contributed by atoms with Gasteiger partial charge in [-0.15, -0.1) is 0 Å². The van der Waals surface area contributed by atoms with Gasteiger partial charge >= 0.3 is 6.03 Å². The molecule has 0 spiro atoms. The molecule has 2 aliphatic rings. The van der Waals surface area contributed by atoms with E-state index in [1.165, 1.54) is 0 Å². The van der Waals surface area contributed by atoms with Crippen LogP contribution in [0.15, 0.2) is 24.3 Å². The average molecular weight is 405 g/mol. The number of methoxy groups -OCH3 is 1. The van der Waals surface area contributed by atoms with Gasteiger partial charge in [0.2, 0.25) is 0 Å². The molecule has 162 valence electrons. The second kappa shape index (κ2) is 10.7. The van der Waals surface area contributed by atoms with Gasteiger partial charge in [0.15, 0.2) is 0 Å². The van der Waals surface area contributed by atoms with E-state index in [1.807, 2.05) is 23.1 Å². The summed E-state index contributed by atoms with van der Waals surface area (Å²) in [5, 5.41) is 3.19. The zero-order chi connectivity index (χ0) is 20.6. The molecule has 2 heterocycles. The second-order valence-corrected chi connectivity index (χ2v) is 8.26. The van der Waals surface area contributed by atoms with Crippen molar-refractivity contribution >= 4 is 11.7 Å². The molecule has 2 saturated heterocycles. The molecule has 7 nitrogen and oxygen atoms in total. The van der Waals surface area contributed by atoms with Crippen LogP contribution in [0.3, 0.4) is 0 Å². The molecule has 1 atom stereocenters. The van der Waals surface area contributed by atoms with Crippen molar-refractivity contribution in [2.75, 3.05) is 71.0 Å². The highest BCUT2D eigenvalue weighted by atomic mass is 16.5. The number of urea groups is 1. The number of rotatable bonds is 7. The standard InChI is InChI=1S/C22H36N4O3/c1-18(2)16-19(24-12-14-29-15-13-24)17-23-22(27)26-10-8-25(9-11-26)20-6-4-5-7-21(20)28-3/h4-7,18-19H,8-17H2,1-3H3,(H,23,27)/t19-/m0/s1. The van der Waals surface area contributed by atoms with Crippen LogP contribution in [-0.2, 0) is 4.74 Å². The predicted molar refractivity (Wildman–Crippen MR) is 116 cm³/mol. The maximum absolute atomic E-state index is 12.8. The Bertz CT molecular complexity index is 641. The van der Waals surface area contributed by atoms with E-state index in [-0.39, 0.29) is 6.03 Å². The fourth-order valence-electron chi connectivity index (χ4n) is 4.21. The van der Waals surface area contributed by atoms with Crippen LogP contribution in [0, 0.1) is 5.92 Å². The summed E-state index contributed by atoms with van der Waals surface area (Å²) in [4.78, 5) is 19.4. The second-order valence-electron chi connectivity index (χ2n) is 8.26. The molecule has 1 aromatic rings. The molecule has 0 unspecified atom stereocenters. The highest BCUT2D eigenvalue weighted by Gasteiger charge is 2.26. The molecule has 2 fully saturated rings. The largest absolute Gasteiger partial charge is 0.495 e. The highest BCUT2D eigenvalue weighted by molar-refractivity contribution is 5.74.